The lowest BCUT2D eigenvalue weighted by molar-refractivity contribution is -0.143. The summed E-state index contributed by atoms with van der Waals surface area (Å²) in [5.41, 5.74) is 1.89. The van der Waals surface area contributed by atoms with Crippen molar-refractivity contribution in [1.82, 2.24) is 9.97 Å². The van der Waals surface area contributed by atoms with Crippen molar-refractivity contribution < 1.29 is 9.90 Å². The van der Waals surface area contributed by atoms with Crippen molar-refractivity contribution in [2.24, 2.45) is 11.8 Å². The molecular formula is C12H17N3O2. The Balaban J connectivity index is 2.02. The molecule has 1 aromatic rings. The Kier molecular flexibility index (Phi) is 3.00. The van der Waals surface area contributed by atoms with Crippen LogP contribution in [0.4, 0.5) is 5.95 Å². The van der Waals surface area contributed by atoms with Crippen LogP contribution >= 0.6 is 0 Å². The number of carbonyl (C=O) groups is 1. The highest BCUT2D eigenvalue weighted by atomic mass is 16.4. The van der Waals surface area contributed by atoms with E-state index in [1.54, 1.807) is 6.92 Å². The van der Waals surface area contributed by atoms with Crippen molar-refractivity contribution >= 4 is 11.9 Å². The topological polar surface area (TPSA) is 66.3 Å². The van der Waals surface area contributed by atoms with Gasteiger partial charge in [0, 0.05) is 30.4 Å². The van der Waals surface area contributed by atoms with Gasteiger partial charge in [-0.05, 0) is 19.9 Å². The van der Waals surface area contributed by atoms with E-state index in [-0.39, 0.29) is 11.8 Å². The molecule has 0 amide bonds. The first-order valence-corrected chi connectivity index (χ1v) is 5.77. The zero-order valence-electron chi connectivity index (χ0n) is 10.3. The summed E-state index contributed by atoms with van der Waals surface area (Å²) in [6, 6.07) is 1.93. The standard InChI is InChI=1S/C12H17N3O2/c1-7-4-8(2)14-12(13-7)15-5-10(6-15)9(3)11(16)17/h4,9-10H,5-6H2,1-3H3,(H,16,17). The first-order chi connectivity index (χ1) is 7.97. The lowest BCUT2D eigenvalue weighted by Crippen LogP contribution is -2.51. The maximum atomic E-state index is 10.8. The van der Waals surface area contributed by atoms with Crippen molar-refractivity contribution in [3.63, 3.8) is 0 Å². The van der Waals surface area contributed by atoms with Crippen molar-refractivity contribution in [3.05, 3.63) is 17.5 Å². The lowest BCUT2D eigenvalue weighted by Gasteiger charge is -2.41. The van der Waals surface area contributed by atoms with Crippen LogP contribution in [-0.4, -0.2) is 34.1 Å². The molecule has 0 spiro atoms. The number of hydrogen-bond donors (Lipinski definition) is 1. The molecule has 2 heterocycles. The van der Waals surface area contributed by atoms with Gasteiger partial charge >= 0.3 is 5.97 Å². The Morgan fingerprint density at radius 2 is 1.94 bits per heavy atom. The molecule has 1 fully saturated rings. The Labute approximate surface area is 100 Å². The molecule has 0 saturated carbocycles. The highest BCUT2D eigenvalue weighted by Crippen LogP contribution is 2.27. The highest BCUT2D eigenvalue weighted by Gasteiger charge is 2.35. The summed E-state index contributed by atoms with van der Waals surface area (Å²) in [4.78, 5) is 21.6. The Morgan fingerprint density at radius 3 is 2.41 bits per heavy atom. The molecule has 5 heteroatoms. The van der Waals surface area contributed by atoms with Crippen LogP contribution in [0.15, 0.2) is 6.07 Å². The number of anilines is 1. The predicted octanol–water partition coefficient (Wildman–Crippen LogP) is 1.25. The van der Waals surface area contributed by atoms with E-state index in [0.717, 1.165) is 30.4 Å². The Hall–Kier alpha value is -1.65. The van der Waals surface area contributed by atoms with Gasteiger partial charge in [-0.15, -0.1) is 0 Å². The van der Waals surface area contributed by atoms with Crippen LogP contribution in [0.1, 0.15) is 18.3 Å². The summed E-state index contributed by atoms with van der Waals surface area (Å²) in [5.74, 6) is -0.0959. The zero-order chi connectivity index (χ0) is 12.6. The normalized spacial score (nSPS) is 17.7. The number of aryl methyl sites for hydroxylation is 2. The Bertz CT molecular complexity index is 421. The molecule has 0 aliphatic carbocycles. The molecule has 0 aromatic carbocycles. The fourth-order valence-corrected chi connectivity index (χ4v) is 2.04. The van der Waals surface area contributed by atoms with Gasteiger partial charge < -0.3 is 10.0 Å². The third-order valence-corrected chi connectivity index (χ3v) is 3.26. The number of nitrogens with zero attached hydrogens (tertiary/aromatic N) is 3. The van der Waals surface area contributed by atoms with E-state index in [0.29, 0.717) is 0 Å². The van der Waals surface area contributed by atoms with E-state index in [9.17, 15) is 4.79 Å². The smallest absolute Gasteiger partial charge is 0.306 e. The molecule has 1 saturated heterocycles. The molecule has 0 radical (unpaired) electrons. The number of rotatable bonds is 3. The fourth-order valence-electron chi connectivity index (χ4n) is 2.04. The second-order valence-electron chi connectivity index (χ2n) is 4.74. The van der Waals surface area contributed by atoms with Gasteiger partial charge in [-0.3, -0.25) is 4.79 Å². The van der Waals surface area contributed by atoms with E-state index < -0.39 is 5.97 Å². The van der Waals surface area contributed by atoms with Crippen LogP contribution in [-0.2, 0) is 4.79 Å². The van der Waals surface area contributed by atoms with Gasteiger partial charge in [0.15, 0.2) is 0 Å². The quantitative estimate of drug-likeness (QED) is 0.854. The predicted molar refractivity (Wildman–Crippen MR) is 64.0 cm³/mol. The average molecular weight is 235 g/mol. The molecular weight excluding hydrogens is 218 g/mol. The van der Waals surface area contributed by atoms with Crippen molar-refractivity contribution in [2.45, 2.75) is 20.8 Å². The summed E-state index contributed by atoms with van der Waals surface area (Å²) in [7, 11) is 0. The number of aromatic nitrogens is 2. The molecule has 5 nitrogen and oxygen atoms in total. The lowest BCUT2D eigenvalue weighted by atomic mass is 9.87. The molecule has 1 aliphatic rings. The summed E-state index contributed by atoms with van der Waals surface area (Å²) < 4.78 is 0. The molecule has 2 rings (SSSR count). The van der Waals surface area contributed by atoms with Crippen molar-refractivity contribution in [2.75, 3.05) is 18.0 Å². The summed E-state index contributed by atoms with van der Waals surface area (Å²) in [6.45, 7) is 7.10. The minimum atomic E-state index is -0.726. The van der Waals surface area contributed by atoms with E-state index >= 15 is 0 Å². The van der Waals surface area contributed by atoms with Crippen molar-refractivity contribution in [1.29, 1.82) is 0 Å². The zero-order valence-corrected chi connectivity index (χ0v) is 10.3. The van der Waals surface area contributed by atoms with E-state index in [1.165, 1.54) is 0 Å². The summed E-state index contributed by atoms with van der Waals surface area (Å²) >= 11 is 0. The van der Waals surface area contributed by atoms with Gasteiger partial charge in [0.2, 0.25) is 5.95 Å². The molecule has 1 atom stereocenters. The summed E-state index contributed by atoms with van der Waals surface area (Å²) in [6.07, 6.45) is 0. The van der Waals surface area contributed by atoms with E-state index in [4.69, 9.17) is 5.11 Å². The average Bonchev–Trinajstić information content (AvgIpc) is 2.13. The third-order valence-electron chi connectivity index (χ3n) is 3.26. The molecule has 0 bridgehead atoms. The molecule has 1 aromatic heterocycles. The Morgan fingerprint density at radius 1 is 1.41 bits per heavy atom. The van der Waals surface area contributed by atoms with Gasteiger partial charge in [0.1, 0.15) is 0 Å². The maximum absolute atomic E-state index is 10.8. The molecule has 1 unspecified atom stereocenters. The van der Waals surface area contributed by atoms with Gasteiger partial charge in [-0.2, -0.15) is 0 Å². The highest BCUT2D eigenvalue weighted by molar-refractivity contribution is 5.70. The number of carboxylic acids is 1. The molecule has 17 heavy (non-hydrogen) atoms. The van der Waals surface area contributed by atoms with Crippen LogP contribution in [0.3, 0.4) is 0 Å². The van der Waals surface area contributed by atoms with Crippen LogP contribution < -0.4 is 4.90 Å². The SMILES string of the molecule is Cc1cc(C)nc(N2CC(C(C)C(=O)O)C2)n1. The van der Waals surface area contributed by atoms with Gasteiger partial charge in [0.05, 0.1) is 5.92 Å². The minimum absolute atomic E-state index is 0.205. The fraction of sp³-hybridized carbons (Fsp3) is 0.583. The third kappa shape index (κ3) is 2.38. The van der Waals surface area contributed by atoms with Crippen LogP contribution in [0.2, 0.25) is 0 Å². The van der Waals surface area contributed by atoms with Crippen LogP contribution in [0.5, 0.6) is 0 Å². The summed E-state index contributed by atoms with van der Waals surface area (Å²) in [5, 5.41) is 8.91. The minimum Gasteiger partial charge on any atom is -0.481 e. The van der Waals surface area contributed by atoms with Crippen LogP contribution in [0.25, 0.3) is 0 Å². The number of aliphatic carboxylic acids is 1. The molecule has 1 aliphatic heterocycles. The van der Waals surface area contributed by atoms with Gasteiger partial charge in [0.25, 0.3) is 0 Å². The van der Waals surface area contributed by atoms with Crippen molar-refractivity contribution in [3.8, 4) is 0 Å². The second-order valence-corrected chi connectivity index (χ2v) is 4.74. The number of hydrogen-bond acceptors (Lipinski definition) is 4. The monoisotopic (exact) mass is 235 g/mol. The van der Waals surface area contributed by atoms with Crippen LogP contribution in [0, 0.1) is 25.7 Å². The molecule has 1 N–H and O–H groups in total. The largest absolute Gasteiger partial charge is 0.481 e. The number of carboxylic acid groups (broad SMARTS) is 1. The van der Waals surface area contributed by atoms with E-state index in [2.05, 4.69) is 9.97 Å². The first kappa shape index (κ1) is 11.8. The van der Waals surface area contributed by atoms with E-state index in [1.807, 2.05) is 24.8 Å². The first-order valence-electron chi connectivity index (χ1n) is 5.77. The second kappa shape index (κ2) is 4.31. The van der Waals surface area contributed by atoms with Gasteiger partial charge in [-0.1, -0.05) is 6.92 Å². The van der Waals surface area contributed by atoms with Gasteiger partial charge in [-0.25, -0.2) is 9.97 Å². The molecule has 92 valence electrons. The maximum Gasteiger partial charge on any atom is 0.306 e.